The molecule has 0 aromatic rings. The molecule has 184 valence electrons. The van der Waals surface area contributed by atoms with Crippen LogP contribution < -0.4 is 0 Å². The SMILES string of the molecule is CCCCCCCCCCCCN1C=CN(CCCCCCCCCCCC)C1CC. The van der Waals surface area contributed by atoms with Crippen LogP contribution in [0.25, 0.3) is 0 Å². The van der Waals surface area contributed by atoms with Crippen LogP contribution in [0.1, 0.15) is 156 Å². The van der Waals surface area contributed by atoms with E-state index in [1.54, 1.807) is 0 Å². The predicted octanol–water partition coefficient (Wildman–Crippen LogP) is 9.65. The molecule has 0 saturated heterocycles. The van der Waals surface area contributed by atoms with Crippen LogP contribution in [0.5, 0.6) is 0 Å². The predicted molar refractivity (Wildman–Crippen MR) is 140 cm³/mol. The normalized spacial score (nSPS) is 14.3. The van der Waals surface area contributed by atoms with Gasteiger partial charge in [-0.05, 0) is 19.3 Å². The van der Waals surface area contributed by atoms with Crippen molar-refractivity contribution in [1.82, 2.24) is 9.80 Å². The summed E-state index contributed by atoms with van der Waals surface area (Å²) in [5, 5.41) is 0. The molecule has 0 bridgehead atoms. The highest BCUT2D eigenvalue weighted by molar-refractivity contribution is 4.96. The van der Waals surface area contributed by atoms with Crippen molar-refractivity contribution in [3.05, 3.63) is 12.4 Å². The first-order valence-corrected chi connectivity index (χ1v) is 14.5. The quantitative estimate of drug-likeness (QED) is 0.148. The number of nitrogens with zero attached hydrogens (tertiary/aromatic N) is 2. The van der Waals surface area contributed by atoms with Gasteiger partial charge in [0.1, 0.15) is 6.17 Å². The van der Waals surface area contributed by atoms with Gasteiger partial charge in [0.15, 0.2) is 0 Å². The van der Waals surface area contributed by atoms with E-state index in [1.807, 2.05) is 0 Å². The van der Waals surface area contributed by atoms with Gasteiger partial charge >= 0.3 is 0 Å². The molecule has 0 N–H and O–H groups in total. The summed E-state index contributed by atoms with van der Waals surface area (Å²) in [4.78, 5) is 5.22. The second-order valence-electron chi connectivity index (χ2n) is 10.0. The lowest BCUT2D eigenvalue weighted by Gasteiger charge is -2.32. The van der Waals surface area contributed by atoms with Gasteiger partial charge in [-0.25, -0.2) is 0 Å². The molecule has 0 radical (unpaired) electrons. The van der Waals surface area contributed by atoms with Gasteiger partial charge in [-0.3, -0.25) is 0 Å². The van der Waals surface area contributed by atoms with Crippen LogP contribution in [0.15, 0.2) is 12.4 Å². The Morgan fingerprint density at radius 2 is 0.710 bits per heavy atom. The maximum atomic E-state index is 2.61. The Balaban J connectivity index is 1.97. The second-order valence-corrected chi connectivity index (χ2v) is 10.0. The van der Waals surface area contributed by atoms with Gasteiger partial charge in [-0.15, -0.1) is 0 Å². The molecule has 0 amide bonds. The lowest BCUT2D eigenvalue weighted by Crippen LogP contribution is -2.38. The van der Waals surface area contributed by atoms with Crippen LogP contribution in [-0.2, 0) is 0 Å². The zero-order valence-corrected chi connectivity index (χ0v) is 21.9. The van der Waals surface area contributed by atoms with Gasteiger partial charge in [0.05, 0.1) is 0 Å². The number of unbranched alkanes of at least 4 members (excludes halogenated alkanes) is 18. The molecule has 0 aromatic heterocycles. The van der Waals surface area contributed by atoms with Crippen molar-refractivity contribution in [1.29, 1.82) is 0 Å². The summed E-state index contributed by atoms with van der Waals surface area (Å²) in [7, 11) is 0. The first-order valence-electron chi connectivity index (χ1n) is 14.5. The molecule has 1 heterocycles. The summed E-state index contributed by atoms with van der Waals surface area (Å²) in [6, 6.07) is 0. The van der Waals surface area contributed by atoms with Crippen molar-refractivity contribution in [3.8, 4) is 0 Å². The van der Waals surface area contributed by atoms with Crippen LogP contribution in [0, 0.1) is 0 Å². The zero-order valence-electron chi connectivity index (χ0n) is 21.9. The van der Waals surface area contributed by atoms with Crippen molar-refractivity contribution < 1.29 is 0 Å². The monoisotopic (exact) mass is 434 g/mol. The summed E-state index contributed by atoms with van der Waals surface area (Å²) in [6.45, 7) is 9.46. The van der Waals surface area contributed by atoms with Crippen molar-refractivity contribution >= 4 is 0 Å². The third-order valence-electron chi connectivity index (χ3n) is 7.12. The van der Waals surface area contributed by atoms with Crippen LogP contribution in [0.2, 0.25) is 0 Å². The Labute approximate surface area is 197 Å². The molecule has 1 aliphatic rings. The van der Waals surface area contributed by atoms with Crippen molar-refractivity contribution in [3.63, 3.8) is 0 Å². The molecule has 0 atom stereocenters. The van der Waals surface area contributed by atoms with Gasteiger partial charge in [0.25, 0.3) is 0 Å². The van der Waals surface area contributed by atoms with Gasteiger partial charge in [0, 0.05) is 25.5 Å². The molecular formula is C29H58N2. The van der Waals surface area contributed by atoms with E-state index >= 15 is 0 Å². The molecule has 0 fully saturated rings. The van der Waals surface area contributed by atoms with E-state index in [1.165, 1.54) is 148 Å². The molecule has 2 heteroatoms. The second kappa shape index (κ2) is 21.2. The molecule has 0 unspecified atom stereocenters. The van der Waals surface area contributed by atoms with E-state index in [0.29, 0.717) is 6.17 Å². The minimum absolute atomic E-state index is 0.622. The Bertz CT molecular complexity index is 358. The van der Waals surface area contributed by atoms with Gasteiger partial charge in [-0.1, -0.05) is 136 Å². The fourth-order valence-electron chi connectivity index (χ4n) is 5.04. The molecule has 0 spiro atoms. The van der Waals surface area contributed by atoms with E-state index in [-0.39, 0.29) is 0 Å². The van der Waals surface area contributed by atoms with E-state index in [2.05, 4.69) is 43.0 Å². The maximum absolute atomic E-state index is 2.61. The first-order chi connectivity index (χ1) is 15.3. The maximum Gasteiger partial charge on any atom is 0.100 e. The Morgan fingerprint density at radius 3 is 1.00 bits per heavy atom. The Morgan fingerprint density at radius 1 is 0.419 bits per heavy atom. The summed E-state index contributed by atoms with van der Waals surface area (Å²) < 4.78 is 0. The van der Waals surface area contributed by atoms with Crippen molar-refractivity contribution in [2.75, 3.05) is 13.1 Å². The lowest BCUT2D eigenvalue weighted by atomic mass is 10.1. The molecule has 0 saturated carbocycles. The smallest absolute Gasteiger partial charge is 0.100 e. The largest absolute Gasteiger partial charge is 0.356 e. The molecule has 0 aromatic carbocycles. The lowest BCUT2D eigenvalue weighted by molar-refractivity contribution is 0.144. The number of hydrogen-bond donors (Lipinski definition) is 0. The molecule has 1 rings (SSSR count). The van der Waals surface area contributed by atoms with Crippen molar-refractivity contribution in [2.45, 2.75) is 162 Å². The third-order valence-corrected chi connectivity index (χ3v) is 7.12. The van der Waals surface area contributed by atoms with E-state index in [4.69, 9.17) is 0 Å². The minimum Gasteiger partial charge on any atom is -0.356 e. The van der Waals surface area contributed by atoms with Crippen LogP contribution in [0.4, 0.5) is 0 Å². The standard InChI is InChI=1S/C29H58N2/c1-4-7-9-11-13-15-17-19-21-23-25-30-27-28-31(29(30)6-3)26-24-22-20-18-16-14-12-10-8-5-2/h27-29H,4-26H2,1-3H3. The third kappa shape index (κ3) is 14.9. The average molecular weight is 435 g/mol. The summed E-state index contributed by atoms with van der Waals surface area (Å²) in [5.74, 6) is 0. The Kier molecular flexibility index (Phi) is 19.4. The van der Waals surface area contributed by atoms with Crippen molar-refractivity contribution in [2.24, 2.45) is 0 Å². The van der Waals surface area contributed by atoms with E-state index in [9.17, 15) is 0 Å². The number of hydrogen-bond acceptors (Lipinski definition) is 2. The average Bonchev–Trinajstić information content (AvgIpc) is 3.18. The highest BCUT2D eigenvalue weighted by Crippen LogP contribution is 2.21. The van der Waals surface area contributed by atoms with Gasteiger partial charge in [-0.2, -0.15) is 0 Å². The molecule has 31 heavy (non-hydrogen) atoms. The molecule has 0 aliphatic carbocycles. The van der Waals surface area contributed by atoms with Crippen LogP contribution >= 0.6 is 0 Å². The molecule has 1 aliphatic heterocycles. The molecular weight excluding hydrogens is 376 g/mol. The zero-order chi connectivity index (χ0) is 22.4. The summed E-state index contributed by atoms with van der Waals surface area (Å²) in [6.07, 6.45) is 35.2. The van der Waals surface area contributed by atoms with Crippen LogP contribution in [0.3, 0.4) is 0 Å². The van der Waals surface area contributed by atoms with E-state index < -0.39 is 0 Å². The highest BCUT2D eigenvalue weighted by Gasteiger charge is 2.23. The fraction of sp³-hybridized carbons (Fsp3) is 0.931. The Hall–Kier alpha value is -0.660. The minimum atomic E-state index is 0.622. The van der Waals surface area contributed by atoms with Gasteiger partial charge < -0.3 is 9.80 Å². The van der Waals surface area contributed by atoms with Gasteiger partial charge in [0.2, 0.25) is 0 Å². The summed E-state index contributed by atoms with van der Waals surface area (Å²) in [5.41, 5.74) is 0. The fourth-order valence-corrected chi connectivity index (χ4v) is 5.04. The van der Waals surface area contributed by atoms with Crippen LogP contribution in [-0.4, -0.2) is 29.1 Å². The first kappa shape index (κ1) is 28.4. The molecule has 2 nitrogen and oxygen atoms in total. The highest BCUT2D eigenvalue weighted by atomic mass is 15.4. The number of rotatable bonds is 23. The summed E-state index contributed by atoms with van der Waals surface area (Å²) >= 11 is 0. The van der Waals surface area contributed by atoms with E-state index in [0.717, 1.165) is 0 Å². The topological polar surface area (TPSA) is 6.48 Å².